The molecule has 0 fully saturated rings. The number of carbonyl (C=O) groups is 1. The van der Waals surface area contributed by atoms with Gasteiger partial charge >= 0.3 is 5.97 Å². The summed E-state index contributed by atoms with van der Waals surface area (Å²) < 4.78 is 17.6. The molecule has 0 heterocycles. The monoisotopic (exact) mass is 227 g/mol. The Morgan fingerprint density at radius 1 is 1.62 bits per heavy atom. The normalized spacial score (nSPS) is 12.2. The molecule has 1 unspecified atom stereocenters. The van der Waals surface area contributed by atoms with Crippen molar-refractivity contribution in [2.24, 2.45) is 5.73 Å². The van der Waals surface area contributed by atoms with E-state index >= 15 is 0 Å². The smallest absolute Gasteiger partial charge is 0.323 e. The van der Waals surface area contributed by atoms with Crippen LogP contribution >= 0.6 is 0 Å². The number of hydrogen-bond donors (Lipinski definition) is 2. The molecule has 1 aromatic rings. The van der Waals surface area contributed by atoms with E-state index in [1.165, 1.54) is 6.07 Å². The minimum absolute atomic E-state index is 0.0441. The van der Waals surface area contributed by atoms with E-state index in [0.717, 1.165) is 12.1 Å². The summed E-state index contributed by atoms with van der Waals surface area (Å²) in [5.41, 5.74) is 5.84. The summed E-state index contributed by atoms with van der Waals surface area (Å²) in [4.78, 5) is 11.2. The third-order valence-corrected chi connectivity index (χ3v) is 2.07. The lowest BCUT2D eigenvalue weighted by Gasteiger charge is -2.11. The van der Waals surface area contributed by atoms with E-state index in [4.69, 9.17) is 10.5 Å². The molecular formula is C11H14FNO3. The van der Waals surface area contributed by atoms with Gasteiger partial charge in [-0.25, -0.2) is 4.39 Å². The van der Waals surface area contributed by atoms with Crippen molar-refractivity contribution >= 4 is 5.97 Å². The first-order chi connectivity index (χ1) is 7.54. The van der Waals surface area contributed by atoms with Crippen LogP contribution in [0.25, 0.3) is 0 Å². The number of carbonyl (C=O) groups excluding carboxylic acids is 1. The van der Waals surface area contributed by atoms with E-state index < -0.39 is 17.8 Å². The van der Waals surface area contributed by atoms with Crippen LogP contribution in [0.3, 0.4) is 0 Å². The van der Waals surface area contributed by atoms with Gasteiger partial charge in [0.25, 0.3) is 0 Å². The summed E-state index contributed by atoms with van der Waals surface area (Å²) in [6.07, 6.45) is 0.0441. The third-order valence-electron chi connectivity index (χ3n) is 2.07. The molecule has 1 aromatic carbocycles. The molecule has 0 aliphatic rings. The minimum Gasteiger partial charge on any atom is -0.508 e. The van der Waals surface area contributed by atoms with Gasteiger partial charge in [-0.3, -0.25) is 4.79 Å². The van der Waals surface area contributed by atoms with Gasteiger partial charge in [0, 0.05) is 6.42 Å². The molecular weight excluding hydrogens is 213 g/mol. The summed E-state index contributed by atoms with van der Waals surface area (Å²) in [6, 6.07) is 2.61. The van der Waals surface area contributed by atoms with Gasteiger partial charge in [-0.1, -0.05) is 0 Å². The Balaban J connectivity index is 2.72. The van der Waals surface area contributed by atoms with Crippen molar-refractivity contribution in [3.05, 3.63) is 29.6 Å². The molecule has 0 radical (unpaired) electrons. The quantitative estimate of drug-likeness (QED) is 0.751. The highest BCUT2D eigenvalue weighted by Crippen LogP contribution is 2.19. The highest BCUT2D eigenvalue weighted by Gasteiger charge is 2.17. The van der Waals surface area contributed by atoms with Crippen molar-refractivity contribution in [2.75, 3.05) is 6.61 Å². The fraction of sp³-hybridized carbons (Fsp3) is 0.364. The van der Waals surface area contributed by atoms with E-state index in [1.54, 1.807) is 6.92 Å². The molecule has 3 N–H and O–H groups in total. The summed E-state index contributed by atoms with van der Waals surface area (Å²) in [5.74, 6) is -1.13. The van der Waals surface area contributed by atoms with Gasteiger partial charge < -0.3 is 15.6 Å². The second kappa shape index (κ2) is 5.46. The highest BCUT2D eigenvalue weighted by atomic mass is 19.1. The minimum atomic E-state index is -0.896. The third kappa shape index (κ3) is 3.20. The predicted molar refractivity (Wildman–Crippen MR) is 56.4 cm³/mol. The second-order valence-electron chi connectivity index (χ2n) is 3.34. The van der Waals surface area contributed by atoms with Crippen molar-refractivity contribution in [2.45, 2.75) is 19.4 Å². The largest absolute Gasteiger partial charge is 0.508 e. The molecule has 88 valence electrons. The molecule has 0 aromatic heterocycles. The molecule has 5 heteroatoms. The van der Waals surface area contributed by atoms with Crippen LogP contribution in [0.2, 0.25) is 0 Å². The molecule has 16 heavy (non-hydrogen) atoms. The zero-order valence-electron chi connectivity index (χ0n) is 8.94. The lowest BCUT2D eigenvalue weighted by atomic mass is 10.1. The number of rotatable bonds is 4. The topological polar surface area (TPSA) is 72.5 Å². The second-order valence-corrected chi connectivity index (χ2v) is 3.34. The molecule has 0 spiro atoms. The molecule has 0 saturated carbocycles. The number of hydrogen-bond acceptors (Lipinski definition) is 4. The predicted octanol–water partition coefficient (Wildman–Crippen LogP) is 0.964. The average molecular weight is 227 g/mol. The number of phenols is 1. The molecule has 4 nitrogen and oxygen atoms in total. The first-order valence-electron chi connectivity index (χ1n) is 4.94. The molecule has 0 aliphatic carbocycles. The van der Waals surface area contributed by atoms with Crippen LogP contribution in [0.5, 0.6) is 5.75 Å². The van der Waals surface area contributed by atoms with Gasteiger partial charge in [0.2, 0.25) is 0 Å². The SMILES string of the molecule is CCOC(=O)C(N)Cc1cc(F)ccc1O. The molecule has 1 rings (SSSR count). The van der Waals surface area contributed by atoms with Crippen LogP contribution in [0, 0.1) is 5.82 Å². The van der Waals surface area contributed by atoms with Crippen molar-refractivity contribution in [3.8, 4) is 5.75 Å². The number of esters is 1. The maximum atomic E-state index is 12.9. The first kappa shape index (κ1) is 12.4. The van der Waals surface area contributed by atoms with E-state index in [9.17, 15) is 14.3 Å². The molecule has 0 saturated heterocycles. The maximum Gasteiger partial charge on any atom is 0.323 e. The number of benzene rings is 1. The van der Waals surface area contributed by atoms with Gasteiger partial charge in [-0.2, -0.15) is 0 Å². The molecule has 0 amide bonds. The van der Waals surface area contributed by atoms with Gasteiger partial charge in [0.15, 0.2) is 0 Å². The summed E-state index contributed by atoms with van der Waals surface area (Å²) in [7, 11) is 0. The standard InChI is InChI=1S/C11H14FNO3/c1-2-16-11(15)9(13)6-7-5-8(12)3-4-10(7)14/h3-5,9,14H,2,6,13H2,1H3. The Morgan fingerprint density at radius 2 is 2.31 bits per heavy atom. The Hall–Kier alpha value is -1.62. The van der Waals surface area contributed by atoms with Crippen LogP contribution in [-0.2, 0) is 16.0 Å². The molecule has 0 aliphatic heterocycles. The van der Waals surface area contributed by atoms with Gasteiger partial charge in [-0.05, 0) is 30.7 Å². The van der Waals surface area contributed by atoms with E-state index in [2.05, 4.69) is 0 Å². The van der Waals surface area contributed by atoms with E-state index in [-0.39, 0.29) is 18.8 Å². The van der Waals surface area contributed by atoms with E-state index in [0.29, 0.717) is 5.56 Å². The first-order valence-corrected chi connectivity index (χ1v) is 4.94. The van der Waals surface area contributed by atoms with Crippen molar-refractivity contribution < 1.29 is 19.0 Å². The van der Waals surface area contributed by atoms with Crippen LogP contribution in [-0.4, -0.2) is 23.7 Å². The maximum absolute atomic E-state index is 12.9. The Morgan fingerprint density at radius 3 is 2.94 bits per heavy atom. The van der Waals surface area contributed by atoms with Gasteiger partial charge in [0.1, 0.15) is 17.6 Å². The fourth-order valence-electron chi connectivity index (χ4n) is 1.29. The van der Waals surface area contributed by atoms with Gasteiger partial charge in [0.05, 0.1) is 6.61 Å². The summed E-state index contributed by atoms with van der Waals surface area (Å²) in [6.45, 7) is 1.91. The van der Waals surface area contributed by atoms with Crippen molar-refractivity contribution in [1.29, 1.82) is 0 Å². The van der Waals surface area contributed by atoms with Crippen LogP contribution in [0.15, 0.2) is 18.2 Å². The Bertz CT molecular complexity index is 381. The molecule has 0 bridgehead atoms. The number of aromatic hydroxyl groups is 1. The fourth-order valence-corrected chi connectivity index (χ4v) is 1.29. The molecule has 1 atom stereocenters. The van der Waals surface area contributed by atoms with Crippen LogP contribution < -0.4 is 5.73 Å². The van der Waals surface area contributed by atoms with Gasteiger partial charge in [-0.15, -0.1) is 0 Å². The van der Waals surface area contributed by atoms with Crippen molar-refractivity contribution in [3.63, 3.8) is 0 Å². The number of phenolic OH excluding ortho intramolecular Hbond substituents is 1. The highest BCUT2D eigenvalue weighted by molar-refractivity contribution is 5.76. The number of halogens is 1. The van der Waals surface area contributed by atoms with E-state index in [1.807, 2.05) is 0 Å². The number of nitrogens with two attached hydrogens (primary N) is 1. The zero-order chi connectivity index (χ0) is 12.1. The summed E-state index contributed by atoms with van der Waals surface area (Å²) >= 11 is 0. The lowest BCUT2D eigenvalue weighted by Crippen LogP contribution is -2.34. The van der Waals surface area contributed by atoms with Crippen LogP contribution in [0.4, 0.5) is 4.39 Å². The Labute approximate surface area is 92.8 Å². The zero-order valence-corrected chi connectivity index (χ0v) is 8.94. The average Bonchev–Trinajstić information content (AvgIpc) is 2.23. The van der Waals surface area contributed by atoms with Crippen LogP contribution in [0.1, 0.15) is 12.5 Å². The van der Waals surface area contributed by atoms with Crippen molar-refractivity contribution in [1.82, 2.24) is 0 Å². The lowest BCUT2D eigenvalue weighted by molar-refractivity contribution is -0.144. The Kier molecular flexibility index (Phi) is 4.25. The summed E-state index contributed by atoms with van der Waals surface area (Å²) in [5, 5.41) is 9.42. The number of ether oxygens (including phenoxy) is 1.